The standard InChI is InChI=1S/C17H23N5OSi/c1-24(2,3)7-6-23-12-22-11-21-15-8-13(4-5-16(15)22)14-9-17(18)20-10-19-14/h4-5,8-11H,6-7,12H2,1-3H3,(H2,18,19,20). The molecule has 2 N–H and O–H groups in total. The highest BCUT2D eigenvalue weighted by Crippen LogP contribution is 2.23. The van der Waals surface area contributed by atoms with Crippen molar-refractivity contribution in [3.63, 3.8) is 0 Å². The minimum atomic E-state index is -1.05. The van der Waals surface area contributed by atoms with E-state index < -0.39 is 8.07 Å². The second-order valence-electron chi connectivity index (χ2n) is 7.09. The van der Waals surface area contributed by atoms with Gasteiger partial charge in [0.2, 0.25) is 0 Å². The summed E-state index contributed by atoms with van der Waals surface area (Å²) in [5.41, 5.74) is 9.46. The zero-order valence-electron chi connectivity index (χ0n) is 14.4. The van der Waals surface area contributed by atoms with Gasteiger partial charge in [-0.2, -0.15) is 0 Å². The molecule has 6 nitrogen and oxygen atoms in total. The number of nitrogens with zero attached hydrogens (tertiary/aromatic N) is 4. The monoisotopic (exact) mass is 341 g/mol. The molecule has 126 valence electrons. The van der Waals surface area contributed by atoms with Crippen LogP contribution in [0.25, 0.3) is 22.3 Å². The first-order valence-electron chi connectivity index (χ1n) is 8.03. The molecule has 2 aromatic heterocycles. The lowest BCUT2D eigenvalue weighted by Gasteiger charge is -2.15. The normalized spacial score (nSPS) is 12.0. The van der Waals surface area contributed by atoms with Crippen molar-refractivity contribution in [2.45, 2.75) is 32.4 Å². The van der Waals surface area contributed by atoms with Crippen LogP contribution < -0.4 is 5.73 Å². The predicted molar refractivity (Wildman–Crippen MR) is 99.3 cm³/mol. The molecule has 7 heteroatoms. The summed E-state index contributed by atoms with van der Waals surface area (Å²) in [6, 6.07) is 8.99. The van der Waals surface area contributed by atoms with Crippen molar-refractivity contribution in [3.05, 3.63) is 36.9 Å². The Morgan fingerprint density at radius 1 is 1.12 bits per heavy atom. The molecule has 0 amide bonds. The van der Waals surface area contributed by atoms with Crippen molar-refractivity contribution in [1.82, 2.24) is 19.5 Å². The molecule has 24 heavy (non-hydrogen) atoms. The number of imidazole rings is 1. The molecule has 3 aromatic rings. The van der Waals surface area contributed by atoms with E-state index in [0.29, 0.717) is 12.5 Å². The van der Waals surface area contributed by atoms with Gasteiger partial charge in [0, 0.05) is 26.3 Å². The van der Waals surface area contributed by atoms with Crippen LogP contribution in [0.3, 0.4) is 0 Å². The summed E-state index contributed by atoms with van der Waals surface area (Å²) in [6.45, 7) is 8.38. The topological polar surface area (TPSA) is 78.9 Å². The van der Waals surface area contributed by atoms with E-state index in [1.54, 1.807) is 6.07 Å². The van der Waals surface area contributed by atoms with Gasteiger partial charge in [0.1, 0.15) is 18.9 Å². The van der Waals surface area contributed by atoms with Crippen LogP contribution in [0.1, 0.15) is 0 Å². The number of hydrogen-bond acceptors (Lipinski definition) is 5. The lowest BCUT2D eigenvalue weighted by molar-refractivity contribution is 0.0898. The fourth-order valence-corrected chi connectivity index (χ4v) is 3.15. The smallest absolute Gasteiger partial charge is 0.127 e. The number of ether oxygens (including phenoxy) is 1. The van der Waals surface area contributed by atoms with Gasteiger partial charge >= 0.3 is 0 Å². The fourth-order valence-electron chi connectivity index (χ4n) is 2.40. The van der Waals surface area contributed by atoms with E-state index in [9.17, 15) is 0 Å². The molecule has 0 aliphatic carbocycles. The second-order valence-corrected chi connectivity index (χ2v) is 12.7. The number of hydrogen-bond donors (Lipinski definition) is 1. The van der Waals surface area contributed by atoms with Gasteiger partial charge in [-0.25, -0.2) is 15.0 Å². The summed E-state index contributed by atoms with van der Waals surface area (Å²) >= 11 is 0. The molecular formula is C17H23N5OSi. The van der Waals surface area contributed by atoms with E-state index >= 15 is 0 Å². The maximum Gasteiger partial charge on any atom is 0.127 e. The Labute approximate surface area is 142 Å². The van der Waals surface area contributed by atoms with Crippen LogP contribution in [-0.4, -0.2) is 34.2 Å². The maximum absolute atomic E-state index is 5.81. The van der Waals surface area contributed by atoms with Crippen LogP contribution in [0.5, 0.6) is 0 Å². The van der Waals surface area contributed by atoms with Gasteiger partial charge in [-0.1, -0.05) is 25.7 Å². The Kier molecular flexibility index (Phi) is 4.63. The van der Waals surface area contributed by atoms with Crippen molar-refractivity contribution < 1.29 is 4.74 Å². The zero-order valence-corrected chi connectivity index (χ0v) is 15.4. The Bertz CT molecular complexity index is 840. The molecule has 0 bridgehead atoms. The van der Waals surface area contributed by atoms with Gasteiger partial charge in [-0.3, -0.25) is 0 Å². The van der Waals surface area contributed by atoms with Crippen molar-refractivity contribution in [3.8, 4) is 11.3 Å². The SMILES string of the molecule is C[Si](C)(C)CCOCn1cnc2cc(-c3cc(N)ncn3)ccc21. The molecule has 0 radical (unpaired) electrons. The van der Waals surface area contributed by atoms with Gasteiger partial charge in [0.05, 0.1) is 23.1 Å². The lowest BCUT2D eigenvalue weighted by atomic mass is 10.1. The zero-order chi connectivity index (χ0) is 17.2. The summed E-state index contributed by atoms with van der Waals surface area (Å²) in [5.74, 6) is 0.460. The molecule has 0 fully saturated rings. The number of benzene rings is 1. The summed E-state index contributed by atoms with van der Waals surface area (Å²) in [7, 11) is -1.05. The van der Waals surface area contributed by atoms with Crippen molar-refractivity contribution in [2.75, 3.05) is 12.3 Å². The van der Waals surface area contributed by atoms with E-state index in [-0.39, 0.29) is 0 Å². The molecule has 1 aromatic carbocycles. The second kappa shape index (κ2) is 6.70. The Balaban J connectivity index is 1.74. The van der Waals surface area contributed by atoms with Crippen LogP contribution in [0, 0.1) is 0 Å². The fraction of sp³-hybridized carbons (Fsp3) is 0.353. The van der Waals surface area contributed by atoms with Crippen molar-refractivity contribution in [1.29, 1.82) is 0 Å². The summed E-state index contributed by atoms with van der Waals surface area (Å²) in [4.78, 5) is 12.7. The number of nitrogens with two attached hydrogens (primary N) is 1. The first-order chi connectivity index (χ1) is 11.4. The molecule has 0 saturated carbocycles. The van der Waals surface area contributed by atoms with Crippen LogP contribution in [0.2, 0.25) is 25.7 Å². The molecule has 3 rings (SSSR count). The molecule has 0 spiro atoms. The van der Waals surface area contributed by atoms with Crippen LogP contribution in [0.4, 0.5) is 5.82 Å². The third kappa shape index (κ3) is 3.98. The average Bonchev–Trinajstić information content (AvgIpc) is 2.93. The highest BCUT2D eigenvalue weighted by atomic mass is 28.3. The van der Waals surface area contributed by atoms with Crippen LogP contribution in [-0.2, 0) is 11.5 Å². The molecule has 0 aliphatic heterocycles. The molecule has 0 aliphatic rings. The molecule has 2 heterocycles. The Hall–Kier alpha value is -2.25. The predicted octanol–water partition coefficient (Wildman–Crippen LogP) is 3.39. The Morgan fingerprint density at radius 3 is 2.71 bits per heavy atom. The lowest BCUT2D eigenvalue weighted by Crippen LogP contribution is -2.21. The van der Waals surface area contributed by atoms with Gasteiger partial charge in [0.25, 0.3) is 0 Å². The minimum Gasteiger partial charge on any atom is -0.384 e. The molecular weight excluding hydrogens is 318 g/mol. The van der Waals surface area contributed by atoms with Gasteiger partial charge < -0.3 is 15.0 Å². The summed E-state index contributed by atoms with van der Waals surface area (Å²) in [6.07, 6.45) is 3.29. The summed E-state index contributed by atoms with van der Waals surface area (Å²) in [5, 5.41) is 0. The number of anilines is 1. The van der Waals surface area contributed by atoms with E-state index in [2.05, 4.69) is 34.6 Å². The van der Waals surface area contributed by atoms with E-state index in [0.717, 1.165) is 28.9 Å². The van der Waals surface area contributed by atoms with E-state index in [1.165, 1.54) is 12.4 Å². The number of nitrogen functional groups attached to an aromatic ring is 1. The van der Waals surface area contributed by atoms with E-state index in [4.69, 9.17) is 10.5 Å². The molecule has 0 unspecified atom stereocenters. The quantitative estimate of drug-likeness (QED) is 0.549. The molecule has 0 saturated heterocycles. The van der Waals surface area contributed by atoms with Crippen molar-refractivity contribution in [2.24, 2.45) is 0 Å². The summed E-state index contributed by atoms with van der Waals surface area (Å²) < 4.78 is 7.84. The number of aromatic nitrogens is 4. The van der Waals surface area contributed by atoms with Crippen molar-refractivity contribution >= 4 is 24.9 Å². The van der Waals surface area contributed by atoms with E-state index in [1.807, 2.05) is 29.1 Å². The third-order valence-electron chi connectivity index (χ3n) is 3.83. The number of fused-ring (bicyclic) bond motifs is 1. The van der Waals surface area contributed by atoms with Gasteiger partial charge in [-0.05, 0) is 18.2 Å². The highest BCUT2D eigenvalue weighted by molar-refractivity contribution is 6.76. The Morgan fingerprint density at radius 2 is 1.96 bits per heavy atom. The molecule has 0 atom stereocenters. The van der Waals surface area contributed by atoms with Gasteiger partial charge in [-0.15, -0.1) is 0 Å². The maximum atomic E-state index is 5.81. The van der Waals surface area contributed by atoms with Crippen LogP contribution in [0.15, 0.2) is 36.9 Å². The number of rotatable bonds is 6. The minimum absolute atomic E-state index is 0.460. The average molecular weight is 341 g/mol. The first kappa shape index (κ1) is 16.6. The third-order valence-corrected chi connectivity index (χ3v) is 5.54. The highest BCUT2D eigenvalue weighted by Gasteiger charge is 2.12. The van der Waals surface area contributed by atoms with Crippen LogP contribution >= 0.6 is 0 Å². The largest absolute Gasteiger partial charge is 0.384 e. The van der Waals surface area contributed by atoms with Gasteiger partial charge in [0.15, 0.2) is 0 Å². The first-order valence-corrected chi connectivity index (χ1v) is 11.7.